The lowest BCUT2D eigenvalue weighted by Gasteiger charge is -2.20. The summed E-state index contributed by atoms with van der Waals surface area (Å²) in [7, 11) is 0. The Morgan fingerprint density at radius 3 is 0.800 bits per heavy atom. The van der Waals surface area contributed by atoms with Gasteiger partial charge < -0.3 is 0 Å². The molecular formula is C24H34S. The number of benzene rings is 2. The van der Waals surface area contributed by atoms with Gasteiger partial charge in [-0.25, -0.2) is 0 Å². The highest BCUT2D eigenvalue weighted by molar-refractivity contribution is 7.97. The fourth-order valence-electron chi connectivity index (χ4n) is 3.84. The molecule has 0 atom stereocenters. The molecule has 0 aliphatic heterocycles. The second-order valence-electron chi connectivity index (χ2n) is 7.70. The van der Waals surface area contributed by atoms with Crippen LogP contribution in [0.2, 0.25) is 0 Å². The zero-order valence-corrected chi connectivity index (χ0v) is 18.6. The molecule has 0 unspecified atom stereocenters. The Morgan fingerprint density at radius 2 is 0.560 bits per heavy atom. The first-order valence-corrected chi connectivity index (χ1v) is 10.4. The van der Waals surface area contributed by atoms with Crippen LogP contribution in [0.25, 0.3) is 0 Å². The van der Waals surface area contributed by atoms with Gasteiger partial charge in [0.1, 0.15) is 0 Å². The summed E-state index contributed by atoms with van der Waals surface area (Å²) in [5.41, 5.74) is 17.8. The predicted octanol–water partition coefficient (Wildman–Crippen LogP) is 7.20. The van der Waals surface area contributed by atoms with Gasteiger partial charge in [0.05, 0.1) is 0 Å². The van der Waals surface area contributed by atoms with Gasteiger partial charge in [0, 0.05) is 11.5 Å². The highest BCUT2D eigenvalue weighted by Gasteiger charge is 2.15. The second kappa shape index (κ2) is 7.58. The van der Waals surface area contributed by atoms with Crippen molar-refractivity contribution in [3.63, 3.8) is 0 Å². The summed E-state index contributed by atoms with van der Waals surface area (Å²) in [6, 6.07) is 0. The molecule has 0 aliphatic rings. The average Bonchev–Trinajstić information content (AvgIpc) is 2.60. The standard InChI is InChI=1S/C24H34S/c1-13-15(3)19(7)23(20(8)16(13)4)11-25-12-24-21(9)17(5)14(2)18(6)22(24)10/h11-12H2,1-10H3. The van der Waals surface area contributed by atoms with Gasteiger partial charge >= 0.3 is 0 Å². The molecule has 0 heterocycles. The van der Waals surface area contributed by atoms with E-state index in [0.717, 1.165) is 11.5 Å². The van der Waals surface area contributed by atoms with Crippen LogP contribution in [0.1, 0.15) is 66.8 Å². The molecule has 0 fully saturated rings. The molecule has 0 amide bonds. The third kappa shape index (κ3) is 3.53. The van der Waals surface area contributed by atoms with Gasteiger partial charge in [-0.3, -0.25) is 0 Å². The average molecular weight is 355 g/mol. The van der Waals surface area contributed by atoms with Gasteiger partial charge in [0.15, 0.2) is 0 Å². The van der Waals surface area contributed by atoms with E-state index in [1.54, 1.807) is 11.1 Å². The topological polar surface area (TPSA) is 0 Å². The maximum absolute atomic E-state index is 2.29. The van der Waals surface area contributed by atoms with E-state index in [-0.39, 0.29) is 0 Å². The van der Waals surface area contributed by atoms with Crippen LogP contribution in [0.4, 0.5) is 0 Å². The number of thioether (sulfide) groups is 1. The lowest BCUT2D eigenvalue weighted by atomic mass is 9.90. The van der Waals surface area contributed by atoms with E-state index in [0.29, 0.717) is 0 Å². The Hall–Kier alpha value is -1.21. The van der Waals surface area contributed by atoms with Crippen LogP contribution in [0, 0.1) is 69.2 Å². The Bertz CT molecular complexity index is 697. The quantitative estimate of drug-likeness (QED) is 0.559. The molecule has 0 nitrogen and oxygen atoms in total. The molecule has 136 valence electrons. The molecule has 0 bridgehead atoms. The maximum atomic E-state index is 2.29. The maximum Gasteiger partial charge on any atom is 0.0193 e. The molecule has 0 aliphatic carbocycles. The zero-order valence-electron chi connectivity index (χ0n) is 17.8. The molecule has 2 aromatic rings. The van der Waals surface area contributed by atoms with Crippen LogP contribution in [0.15, 0.2) is 0 Å². The van der Waals surface area contributed by atoms with Gasteiger partial charge in [-0.15, -0.1) is 0 Å². The fraction of sp³-hybridized carbons (Fsp3) is 0.500. The first kappa shape index (κ1) is 20.1. The summed E-state index contributed by atoms with van der Waals surface area (Å²) in [4.78, 5) is 0. The van der Waals surface area contributed by atoms with Crippen molar-refractivity contribution in [3.8, 4) is 0 Å². The van der Waals surface area contributed by atoms with Crippen molar-refractivity contribution in [1.29, 1.82) is 0 Å². The van der Waals surface area contributed by atoms with Crippen molar-refractivity contribution in [1.82, 2.24) is 0 Å². The van der Waals surface area contributed by atoms with Crippen LogP contribution in [-0.4, -0.2) is 0 Å². The monoisotopic (exact) mass is 354 g/mol. The molecule has 2 rings (SSSR count). The molecule has 0 saturated carbocycles. The second-order valence-corrected chi connectivity index (χ2v) is 8.69. The first-order chi connectivity index (χ1) is 11.6. The van der Waals surface area contributed by atoms with Crippen molar-refractivity contribution in [2.24, 2.45) is 0 Å². The van der Waals surface area contributed by atoms with Gasteiger partial charge in [-0.1, -0.05) is 0 Å². The smallest absolute Gasteiger partial charge is 0.0193 e. The van der Waals surface area contributed by atoms with E-state index in [9.17, 15) is 0 Å². The minimum absolute atomic E-state index is 1.10. The van der Waals surface area contributed by atoms with E-state index >= 15 is 0 Å². The number of rotatable bonds is 4. The van der Waals surface area contributed by atoms with Gasteiger partial charge in [0.25, 0.3) is 0 Å². The first-order valence-electron chi connectivity index (χ1n) is 9.28. The Labute approximate surface area is 159 Å². The Balaban J connectivity index is 2.29. The summed E-state index contributed by atoms with van der Waals surface area (Å²) < 4.78 is 0. The van der Waals surface area contributed by atoms with Crippen LogP contribution in [0.5, 0.6) is 0 Å². The lowest BCUT2D eigenvalue weighted by Crippen LogP contribution is -2.04. The van der Waals surface area contributed by atoms with Gasteiger partial charge in [-0.2, -0.15) is 11.8 Å². The Morgan fingerprint density at radius 1 is 0.360 bits per heavy atom. The van der Waals surface area contributed by atoms with E-state index in [4.69, 9.17) is 0 Å². The number of hydrogen-bond donors (Lipinski definition) is 0. The highest BCUT2D eigenvalue weighted by atomic mass is 32.2. The van der Waals surface area contributed by atoms with Crippen LogP contribution in [0.3, 0.4) is 0 Å². The van der Waals surface area contributed by atoms with Crippen molar-refractivity contribution in [3.05, 3.63) is 66.8 Å². The van der Waals surface area contributed by atoms with Crippen LogP contribution >= 0.6 is 11.8 Å². The minimum atomic E-state index is 1.10. The summed E-state index contributed by atoms with van der Waals surface area (Å²) in [6.45, 7) is 22.8. The molecule has 25 heavy (non-hydrogen) atoms. The van der Waals surface area contributed by atoms with Crippen LogP contribution < -0.4 is 0 Å². The fourth-order valence-corrected chi connectivity index (χ4v) is 5.22. The van der Waals surface area contributed by atoms with E-state index in [2.05, 4.69) is 81.0 Å². The molecule has 0 saturated heterocycles. The van der Waals surface area contributed by atoms with Crippen LogP contribution in [-0.2, 0) is 11.5 Å². The largest absolute Gasteiger partial charge is 0.152 e. The predicted molar refractivity (Wildman–Crippen MR) is 115 cm³/mol. The molecule has 1 heteroatoms. The van der Waals surface area contributed by atoms with Crippen molar-refractivity contribution in [2.75, 3.05) is 0 Å². The Kier molecular flexibility index (Phi) is 6.09. The molecule has 0 N–H and O–H groups in total. The summed E-state index contributed by atoms with van der Waals surface area (Å²) >= 11 is 2.06. The molecule has 2 aromatic carbocycles. The zero-order chi connectivity index (χ0) is 19.0. The van der Waals surface area contributed by atoms with E-state index < -0.39 is 0 Å². The lowest BCUT2D eigenvalue weighted by molar-refractivity contribution is 1.11. The van der Waals surface area contributed by atoms with Gasteiger partial charge in [0.2, 0.25) is 0 Å². The number of hydrogen-bond acceptors (Lipinski definition) is 1. The SMILES string of the molecule is Cc1c(C)c(C)c(CSCc2c(C)c(C)c(C)c(C)c2C)c(C)c1C. The third-order valence-electron chi connectivity index (χ3n) is 6.80. The minimum Gasteiger partial charge on any atom is -0.152 e. The third-order valence-corrected chi connectivity index (χ3v) is 7.79. The summed E-state index contributed by atoms with van der Waals surface area (Å²) in [6.07, 6.45) is 0. The molecule has 0 radical (unpaired) electrons. The normalized spacial score (nSPS) is 11.3. The molecule has 0 spiro atoms. The van der Waals surface area contributed by atoms with E-state index in [1.807, 2.05) is 0 Å². The van der Waals surface area contributed by atoms with E-state index in [1.165, 1.54) is 55.6 Å². The molecule has 0 aromatic heterocycles. The summed E-state index contributed by atoms with van der Waals surface area (Å²) in [5, 5.41) is 0. The van der Waals surface area contributed by atoms with Crippen molar-refractivity contribution in [2.45, 2.75) is 80.7 Å². The van der Waals surface area contributed by atoms with Crippen molar-refractivity contribution < 1.29 is 0 Å². The highest BCUT2D eigenvalue weighted by Crippen LogP contribution is 2.33. The van der Waals surface area contributed by atoms with Crippen molar-refractivity contribution >= 4 is 11.8 Å². The summed E-state index contributed by atoms with van der Waals surface area (Å²) in [5.74, 6) is 2.20. The van der Waals surface area contributed by atoms with Gasteiger partial charge in [-0.05, 0) is 136 Å². The molecular weight excluding hydrogens is 320 g/mol.